The van der Waals surface area contributed by atoms with Crippen molar-refractivity contribution in [2.45, 2.75) is 0 Å². The number of carbonyl (C=O) groups excluding carboxylic acids is 1. The first-order valence-corrected chi connectivity index (χ1v) is 6.26. The largest absolute Gasteiger partial charge is 0.471 e. The van der Waals surface area contributed by atoms with Gasteiger partial charge in [0.25, 0.3) is 5.91 Å². The number of amides is 1. The fourth-order valence-corrected chi connectivity index (χ4v) is 1.41. The SMILES string of the molecule is COP(=O)(O)OCCNC(=O)c1ccncc1. The zero-order valence-electron chi connectivity index (χ0n) is 9.20. The van der Waals surface area contributed by atoms with Crippen LogP contribution >= 0.6 is 7.82 Å². The molecule has 0 saturated carbocycles. The first kappa shape index (κ1) is 13.8. The summed E-state index contributed by atoms with van der Waals surface area (Å²) in [5.74, 6) is -0.304. The topological polar surface area (TPSA) is 97.8 Å². The number of pyridine rings is 1. The van der Waals surface area contributed by atoms with Gasteiger partial charge in [-0.2, -0.15) is 0 Å². The Kier molecular flexibility index (Phi) is 5.24. The van der Waals surface area contributed by atoms with E-state index in [4.69, 9.17) is 4.89 Å². The maximum absolute atomic E-state index is 11.5. The van der Waals surface area contributed by atoms with Gasteiger partial charge in [0.2, 0.25) is 0 Å². The van der Waals surface area contributed by atoms with Gasteiger partial charge in [-0.1, -0.05) is 0 Å². The number of aromatic nitrogens is 1. The molecule has 0 spiro atoms. The molecule has 1 aromatic rings. The van der Waals surface area contributed by atoms with E-state index in [1.54, 1.807) is 12.1 Å². The van der Waals surface area contributed by atoms with Crippen molar-refractivity contribution in [3.8, 4) is 0 Å². The third-order valence-electron chi connectivity index (χ3n) is 1.82. The molecule has 0 saturated heterocycles. The molecule has 17 heavy (non-hydrogen) atoms. The second-order valence-electron chi connectivity index (χ2n) is 2.98. The van der Waals surface area contributed by atoms with Crippen molar-refractivity contribution in [1.82, 2.24) is 10.3 Å². The van der Waals surface area contributed by atoms with Crippen LogP contribution in [-0.4, -0.2) is 36.0 Å². The van der Waals surface area contributed by atoms with Gasteiger partial charge in [-0.05, 0) is 12.1 Å². The van der Waals surface area contributed by atoms with Gasteiger partial charge in [-0.15, -0.1) is 0 Å². The second kappa shape index (κ2) is 6.46. The Balaban J connectivity index is 2.29. The van der Waals surface area contributed by atoms with Crippen LogP contribution in [-0.2, 0) is 13.6 Å². The van der Waals surface area contributed by atoms with Crippen molar-refractivity contribution in [3.05, 3.63) is 30.1 Å². The summed E-state index contributed by atoms with van der Waals surface area (Å²) in [6, 6.07) is 3.12. The fourth-order valence-electron chi connectivity index (χ4n) is 0.984. The van der Waals surface area contributed by atoms with Gasteiger partial charge in [0.15, 0.2) is 0 Å². The molecule has 1 unspecified atom stereocenters. The zero-order chi connectivity index (χ0) is 12.7. The van der Waals surface area contributed by atoms with Gasteiger partial charge >= 0.3 is 7.82 Å². The molecule has 1 rings (SSSR count). The molecule has 8 heteroatoms. The first-order chi connectivity index (χ1) is 8.05. The van der Waals surface area contributed by atoms with E-state index < -0.39 is 7.82 Å². The van der Waals surface area contributed by atoms with E-state index in [-0.39, 0.29) is 19.1 Å². The van der Waals surface area contributed by atoms with Crippen LogP contribution in [0.5, 0.6) is 0 Å². The summed E-state index contributed by atoms with van der Waals surface area (Å²) in [6.07, 6.45) is 3.00. The van der Waals surface area contributed by atoms with Crippen molar-refractivity contribution >= 4 is 13.7 Å². The molecular weight excluding hydrogens is 247 g/mol. The third kappa shape index (κ3) is 5.06. The minimum atomic E-state index is -3.97. The van der Waals surface area contributed by atoms with Crippen LogP contribution in [0.2, 0.25) is 0 Å². The summed E-state index contributed by atoms with van der Waals surface area (Å²) in [5, 5.41) is 2.52. The van der Waals surface area contributed by atoms with Crippen molar-refractivity contribution in [2.24, 2.45) is 0 Å². The van der Waals surface area contributed by atoms with E-state index >= 15 is 0 Å². The second-order valence-corrected chi connectivity index (χ2v) is 4.54. The Morgan fingerprint density at radius 3 is 2.76 bits per heavy atom. The highest BCUT2D eigenvalue weighted by molar-refractivity contribution is 7.47. The highest BCUT2D eigenvalue weighted by Gasteiger charge is 2.17. The highest BCUT2D eigenvalue weighted by Crippen LogP contribution is 2.41. The number of phosphoric ester groups is 1. The van der Waals surface area contributed by atoms with Crippen molar-refractivity contribution in [3.63, 3.8) is 0 Å². The lowest BCUT2D eigenvalue weighted by molar-refractivity contribution is 0.0939. The summed E-state index contributed by atoms with van der Waals surface area (Å²) < 4.78 is 19.6. The average Bonchev–Trinajstić information content (AvgIpc) is 2.35. The molecule has 1 amide bonds. The summed E-state index contributed by atoms with van der Waals surface area (Å²) in [5.41, 5.74) is 0.457. The molecule has 7 nitrogen and oxygen atoms in total. The average molecular weight is 260 g/mol. The molecule has 0 fully saturated rings. The van der Waals surface area contributed by atoms with Crippen LogP contribution in [0.15, 0.2) is 24.5 Å². The van der Waals surface area contributed by atoms with Crippen molar-refractivity contribution < 1.29 is 23.3 Å². The lowest BCUT2D eigenvalue weighted by atomic mass is 10.2. The Morgan fingerprint density at radius 2 is 2.18 bits per heavy atom. The lowest BCUT2D eigenvalue weighted by Gasteiger charge is -2.09. The van der Waals surface area contributed by atoms with Crippen LogP contribution in [0, 0.1) is 0 Å². The smallest absolute Gasteiger partial charge is 0.350 e. The molecule has 0 aliphatic rings. The molecule has 1 aromatic heterocycles. The van der Waals surface area contributed by atoms with E-state index in [0.29, 0.717) is 5.56 Å². The monoisotopic (exact) mass is 260 g/mol. The Hall–Kier alpha value is -1.27. The molecule has 0 aromatic carbocycles. The van der Waals surface area contributed by atoms with Gasteiger partial charge in [0, 0.05) is 31.6 Å². The molecule has 1 heterocycles. The number of rotatable bonds is 6. The molecule has 0 aliphatic heterocycles. The molecular formula is C9H13N2O5P. The van der Waals surface area contributed by atoms with Gasteiger partial charge in [-0.25, -0.2) is 4.57 Å². The maximum Gasteiger partial charge on any atom is 0.471 e. The van der Waals surface area contributed by atoms with Crippen LogP contribution in [0.1, 0.15) is 10.4 Å². The Bertz CT molecular complexity index is 411. The summed E-state index contributed by atoms with van der Waals surface area (Å²) in [7, 11) is -2.90. The van der Waals surface area contributed by atoms with Gasteiger partial charge in [0.05, 0.1) is 6.61 Å². The zero-order valence-corrected chi connectivity index (χ0v) is 10.1. The van der Waals surface area contributed by atoms with E-state index in [0.717, 1.165) is 7.11 Å². The van der Waals surface area contributed by atoms with E-state index in [1.807, 2.05) is 0 Å². The standard InChI is InChI=1S/C9H13N2O5P/c1-15-17(13,14)16-7-6-11-9(12)8-2-4-10-5-3-8/h2-5H,6-7H2,1H3,(H,11,12)(H,13,14). The molecule has 0 aliphatic carbocycles. The van der Waals surface area contributed by atoms with Gasteiger partial charge in [0.1, 0.15) is 0 Å². The van der Waals surface area contributed by atoms with E-state index in [9.17, 15) is 9.36 Å². The van der Waals surface area contributed by atoms with Crippen LogP contribution in [0.3, 0.4) is 0 Å². The fraction of sp³-hybridized carbons (Fsp3) is 0.333. The maximum atomic E-state index is 11.5. The van der Waals surface area contributed by atoms with Gasteiger partial charge < -0.3 is 10.2 Å². The van der Waals surface area contributed by atoms with Crippen LogP contribution < -0.4 is 5.32 Å². The van der Waals surface area contributed by atoms with Crippen LogP contribution in [0.4, 0.5) is 0 Å². The molecule has 0 radical (unpaired) electrons. The van der Waals surface area contributed by atoms with E-state index in [1.165, 1.54) is 12.4 Å². The van der Waals surface area contributed by atoms with Crippen molar-refractivity contribution in [2.75, 3.05) is 20.3 Å². The Labute approximate surface area is 98.4 Å². The predicted octanol–water partition coefficient (Wildman–Crippen LogP) is 0.575. The number of nitrogens with one attached hydrogen (secondary N) is 1. The first-order valence-electron chi connectivity index (χ1n) is 4.76. The highest BCUT2D eigenvalue weighted by atomic mass is 31.2. The number of carbonyl (C=O) groups is 1. The molecule has 1 atom stereocenters. The Morgan fingerprint density at radius 1 is 1.53 bits per heavy atom. The quantitative estimate of drug-likeness (QED) is 0.573. The summed E-state index contributed by atoms with van der Waals surface area (Å²) >= 11 is 0. The minimum absolute atomic E-state index is 0.106. The molecule has 0 bridgehead atoms. The minimum Gasteiger partial charge on any atom is -0.350 e. The van der Waals surface area contributed by atoms with Crippen LogP contribution in [0.25, 0.3) is 0 Å². The molecule has 2 N–H and O–H groups in total. The number of nitrogens with zero attached hydrogens (tertiary/aromatic N) is 1. The lowest BCUT2D eigenvalue weighted by Crippen LogP contribution is -2.27. The number of phosphoric acid groups is 1. The third-order valence-corrected chi connectivity index (χ3v) is 2.79. The van der Waals surface area contributed by atoms with E-state index in [2.05, 4.69) is 19.3 Å². The predicted molar refractivity (Wildman–Crippen MR) is 59.4 cm³/mol. The van der Waals surface area contributed by atoms with Gasteiger partial charge in [-0.3, -0.25) is 18.8 Å². The molecule has 94 valence electrons. The summed E-state index contributed by atoms with van der Waals surface area (Å²) in [4.78, 5) is 24.2. The number of hydrogen-bond donors (Lipinski definition) is 2. The normalized spacial score (nSPS) is 14.0. The summed E-state index contributed by atoms with van der Waals surface area (Å²) in [6.45, 7) is -0.00644. The number of hydrogen-bond acceptors (Lipinski definition) is 5. The van der Waals surface area contributed by atoms with Crippen molar-refractivity contribution in [1.29, 1.82) is 0 Å².